The molecule has 0 radical (unpaired) electrons. The predicted molar refractivity (Wildman–Crippen MR) is 98.1 cm³/mol. The molecule has 3 rings (SSSR count). The van der Waals surface area contributed by atoms with E-state index >= 15 is 0 Å². The van der Waals surface area contributed by atoms with E-state index in [0.29, 0.717) is 18.8 Å². The molecule has 1 aliphatic heterocycles. The summed E-state index contributed by atoms with van der Waals surface area (Å²) in [6, 6.07) is 10.6. The number of hydrogen-bond donors (Lipinski definition) is 1. The summed E-state index contributed by atoms with van der Waals surface area (Å²) in [6.07, 6.45) is 2.48. The maximum Gasteiger partial charge on any atom is 0.255 e. The highest BCUT2D eigenvalue weighted by Gasteiger charge is 2.29. The highest BCUT2D eigenvalue weighted by Crippen LogP contribution is 2.24. The van der Waals surface area contributed by atoms with Crippen LogP contribution >= 0.6 is 0 Å². The Labute approximate surface area is 152 Å². The molecule has 26 heavy (non-hydrogen) atoms. The molecule has 5 nitrogen and oxygen atoms in total. The van der Waals surface area contributed by atoms with Crippen LogP contribution in [0.3, 0.4) is 0 Å². The number of sulfonamides is 1. The lowest BCUT2D eigenvalue weighted by Gasteiger charge is -2.26. The van der Waals surface area contributed by atoms with Gasteiger partial charge in [-0.3, -0.25) is 4.79 Å². The summed E-state index contributed by atoms with van der Waals surface area (Å²) in [5, 5.41) is 2.69. The minimum Gasteiger partial charge on any atom is -0.322 e. The normalized spacial score (nSPS) is 15.6. The van der Waals surface area contributed by atoms with Gasteiger partial charge < -0.3 is 5.32 Å². The van der Waals surface area contributed by atoms with E-state index in [1.807, 2.05) is 19.1 Å². The van der Waals surface area contributed by atoms with Gasteiger partial charge in [-0.15, -0.1) is 0 Å². The van der Waals surface area contributed by atoms with Gasteiger partial charge in [0, 0.05) is 24.3 Å². The second-order valence-electron chi connectivity index (χ2n) is 6.43. The highest BCUT2D eigenvalue weighted by atomic mass is 32.2. The number of rotatable bonds is 4. The average molecular weight is 376 g/mol. The van der Waals surface area contributed by atoms with Gasteiger partial charge in [0.15, 0.2) is 0 Å². The maximum absolute atomic E-state index is 14.2. The molecule has 1 N–H and O–H groups in total. The van der Waals surface area contributed by atoms with E-state index in [4.69, 9.17) is 0 Å². The minimum absolute atomic E-state index is 0.0996. The zero-order valence-electron chi connectivity index (χ0n) is 14.5. The Kier molecular flexibility index (Phi) is 5.38. The van der Waals surface area contributed by atoms with Crippen molar-refractivity contribution < 1.29 is 17.6 Å². The summed E-state index contributed by atoms with van der Waals surface area (Å²) in [5.74, 6) is -1.33. The number of anilines is 1. The molecule has 0 spiro atoms. The van der Waals surface area contributed by atoms with Crippen LogP contribution in [0.5, 0.6) is 0 Å². The van der Waals surface area contributed by atoms with Crippen molar-refractivity contribution in [2.24, 2.45) is 0 Å². The van der Waals surface area contributed by atoms with Gasteiger partial charge in [-0.2, -0.15) is 4.31 Å². The first-order valence-corrected chi connectivity index (χ1v) is 10.00. The van der Waals surface area contributed by atoms with E-state index in [1.54, 1.807) is 12.1 Å². The van der Waals surface area contributed by atoms with Crippen molar-refractivity contribution in [3.05, 3.63) is 59.4 Å². The molecule has 2 aromatic carbocycles. The van der Waals surface area contributed by atoms with Gasteiger partial charge in [-0.25, -0.2) is 12.8 Å². The van der Waals surface area contributed by atoms with Gasteiger partial charge in [0.05, 0.1) is 0 Å². The van der Waals surface area contributed by atoms with E-state index in [0.717, 1.165) is 37.0 Å². The molecule has 1 heterocycles. The SMILES string of the molecule is Cc1ccc(NC(=O)c2ccc(F)c(S(=O)(=O)N3CCCCC3)c2)cc1. The second-order valence-corrected chi connectivity index (χ2v) is 8.34. The summed E-state index contributed by atoms with van der Waals surface area (Å²) < 4.78 is 41.0. The van der Waals surface area contributed by atoms with Gasteiger partial charge >= 0.3 is 0 Å². The fourth-order valence-electron chi connectivity index (χ4n) is 2.93. The van der Waals surface area contributed by atoms with E-state index in [2.05, 4.69) is 5.32 Å². The van der Waals surface area contributed by atoms with Crippen LogP contribution in [0.1, 0.15) is 35.2 Å². The van der Waals surface area contributed by atoms with Crippen molar-refractivity contribution >= 4 is 21.6 Å². The van der Waals surface area contributed by atoms with Crippen LogP contribution in [0.4, 0.5) is 10.1 Å². The van der Waals surface area contributed by atoms with Crippen LogP contribution < -0.4 is 5.32 Å². The number of piperidine rings is 1. The fourth-order valence-corrected chi connectivity index (χ4v) is 4.53. The molecule has 1 saturated heterocycles. The third kappa shape index (κ3) is 3.94. The number of carbonyl (C=O) groups excluding carboxylic acids is 1. The van der Waals surface area contributed by atoms with Gasteiger partial charge in [0.2, 0.25) is 10.0 Å². The Morgan fingerprint density at radius 2 is 1.69 bits per heavy atom. The number of nitrogens with zero attached hydrogens (tertiary/aromatic N) is 1. The smallest absolute Gasteiger partial charge is 0.255 e. The molecule has 7 heteroatoms. The largest absolute Gasteiger partial charge is 0.322 e. The van der Waals surface area contributed by atoms with Gasteiger partial charge in [0.25, 0.3) is 5.91 Å². The highest BCUT2D eigenvalue weighted by molar-refractivity contribution is 7.89. The van der Waals surface area contributed by atoms with Crippen molar-refractivity contribution in [2.75, 3.05) is 18.4 Å². The van der Waals surface area contributed by atoms with Gasteiger partial charge in [-0.1, -0.05) is 24.1 Å². The van der Waals surface area contributed by atoms with Crippen LogP contribution in [0.25, 0.3) is 0 Å². The van der Waals surface area contributed by atoms with Gasteiger partial charge in [0.1, 0.15) is 10.7 Å². The Balaban J connectivity index is 1.87. The molecule has 0 unspecified atom stereocenters. The molecule has 0 aromatic heterocycles. The summed E-state index contributed by atoms with van der Waals surface area (Å²) >= 11 is 0. The molecule has 138 valence electrons. The van der Waals surface area contributed by atoms with Crippen molar-refractivity contribution in [3.8, 4) is 0 Å². The number of nitrogens with one attached hydrogen (secondary N) is 1. The van der Waals surface area contributed by atoms with Crippen LogP contribution in [0.2, 0.25) is 0 Å². The molecule has 1 aliphatic rings. The molecule has 0 bridgehead atoms. The Hall–Kier alpha value is -2.25. The topological polar surface area (TPSA) is 66.5 Å². The quantitative estimate of drug-likeness (QED) is 0.887. The molecular formula is C19H21FN2O3S. The monoisotopic (exact) mass is 376 g/mol. The average Bonchev–Trinajstić information content (AvgIpc) is 2.64. The van der Waals surface area contributed by atoms with Crippen LogP contribution in [-0.4, -0.2) is 31.7 Å². The number of aryl methyl sites for hydroxylation is 1. The summed E-state index contributed by atoms with van der Waals surface area (Å²) in [7, 11) is -3.95. The standard InChI is InChI=1S/C19H21FN2O3S/c1-14-5-8-16(9-6-14)21-19(23)15-7-10-17(20)18(13-15)26(24,25)22-11-3-2-4-12-22/h5-10,13H,2-4,11-12H2,1H3,(H,21,23). The Morgan fingerprint density at radius 1 is 1.04 bits per heavy atom. The van der Waals surface area contributed by atoms with Crippen molar-refractivity contribution in [1.29, 1.82) is 0 Å². The number of carbonyl (C=O) groups is 1. The number of hydrogen-bond acceptors (Lipinski definition) is 3. The van der Waals surface area contributed by atoms with Crippen molar-refractivity contribution in [1.82, 2.24) is 4.31 Å². The summed E-state index contributed by atoms with van der Waals surface area (Å²) in [5.41, 5.74) is 1.74. The lowest BCUT2D eigenvalue weighted by Crippen LogP contribution is -2.36. The fraction of sp³-hybridized carbons (Fsp3) is 0.316. The zero-order chi connectivity index (χ0) is 18.7. The lowest BCUT2D eigenvalue weighted by molar-refractivity contribution is 0.102. The van der Waals surface area contributed by atoms with E-state index in [1.165, 1.54) is 10.4 Å². The van der Waals surface area contributed by atoms with Gasteiger partial charge in [-0.05, 0) is 50.1 Å². The van der Waals surface area contributed by atoms with Crippen LogP contribution in [-0.2, 0) is 10.0 Å². The molecule has 1 fully saturated rings. The molecule has 0 aliphatic carbocycles. The van der Waals surface area contributed by atoms with Crippen molar-refractivity contribution in [2.45, 2.75) is 31.1 Å². The Bertz CT molecular complexity index is 905. The van der Waals surface area contributed by atoms with E-state index < -0.39 is 26.6 Å². The Morgan fingerprint density at radius 3 is 2.35 bits per heavy atom. The number of halogens is 1. The first-order valence-electron chi connectivity index (χ1n) is 8.55. The molecule has 1 amide bonds. The number of benzene rings is 2. The van der Waals surface area contributed by atoms with E-state index in [9.17, 15) is 17.6 Å². The number of amides is 1. The first kappa shape index (κ1) is 18.5. The molecule has 2 aromatic rings. The predicted octanol–water partition coefficient (Wildman–Crippen LogP) is 3.56. The first-order chi connectivity index (χ1) is 12.4. The van der Waals surface area contributed by atoms with E-state index in [-0.39, 0.29) is 5.56 Å². The third-order valence-electron chi connectivity index (χ3n) is 4.44. The third-order valence-corrected chi connectivity index (χ3v) is 6.35. The maximum atomic E-state index is 14.2. The minimum atomic E-state index is -3.95. The van der Waals surface area contributed by atoms with Crippen LogP contribution in [0.15, 0.2) is 47.4 Å². The summed E-state index contributed by atoms with van der Waals surface area (Å²) in [6.45, 7) is 2.69. The molecule has 0 atom stereocenters. The molecule has 0 saturated carbocycles. The van der Waals surface area contributed by atoms with Crippen molar-refractivity contribution in [3.63, 3.8) is 0 Å². The summed E-state index contributed by atoms with van der Waals surface area (Å²) in [4.78, 5) is 12.0. The van der Waals surface area contributed by atoms with Crippen LogP contribution in [0, 0.1) is 12.7 Å². The molecular weight excluding hydrogens is 355 g/mol. The second kappa shape index (κ2) is 7.55. The zero-order valence-corrected chi connectivity index (χ0v) is 15.4. The lowest BCUT2D eigenvalue weighted by atomic mass is 10.2.